The molecule has 1 saturated carbocycles. The van der Waals surface area contributed by atoms with E-state index in [1.54, 1.807) is 4.90 Å². The van der Waals surface area contributed by atoms with Crippen LogP contribution in [-0.2, 0) is 19.1 Å². The van der Waals surface area contributed by atoms with Crippen LogP contribution in [0.4, 0.5) is 4.39 Å². The zero-order valence-corrected chi connectivity index (χ0v) is 23.4. The topological polar surface area (TPSA) is 152 Å². The fourth-order valence-electron chi connectivity index (χ4n) is 7.22. The van der Waals surface area contributed by atoms with E-state index in [2.05, 4.69) is 15.5 Å². The molecular formula is C29H38FN5O7. The van der Waals surface area contributed by atoms with Crippen LogP contribution in [0.3, 0.4) is 0 Å². The number of fused-ring (bicyclic) bond motifs is 6. The molecule has 1 aromatic rings. The minimum Gasteiger partial charge on any atom is -0.388 e. The molecule has 4 amide bonds. The third-order valence-corrected chi connectivity index (χ3v) is 9.46. The summed E-state index contributed by atoms with van der Waals surface area (Å²) in [6.45, 7) is 0.626. The minimum absolute atomic E-state index is 0.0387. The van der Waals surface area contributed by atoms with Crippen LogP contribution < -0.4 is 10.6 Å². The first-order chi connectivity index (χ1) is 20.2. The average molecular weight is 588 g/mol. The molecule has 4 saturated heterocycles. The standard InChI is InChI=1S/C29H38FN5O7/c30-17-7-5-16(6-8-17)28(40)34-10-9-33-15-21(34)27(39)31-13-23-26(38)25(37)22(42-23)12-24(36)32-18-11-20(29(33)41)35(14-18)19-3-1-2-4-19/h5-8,18-23,25-26,37-38H,1-4,9-15H2,(H,31,39)(H,32,36)/t18-,20-,21-,22-,23+,25-,26+/m0/s1. The average Bonchev–Trinajstić information content (AvgIpc) is 3.72. The number of carbonyl (C=O) groups excluding carboxylic acids is 4. The van der Waals surface area contributed by atoms with Gasteiger partial charge < -0.3 is 35.4 Å². The van der Waals surface area contributed by atoms with E-state index >= 15 is 0 Å². The third-order valence-electron chi connectivity index (χ3n) is 9.46. The van der Waals surface area contributed by atoms with Crippen molar-refractivity contribution in [1.29, 1.82) is 0 Å². The van der Waals surface area contributed by atoms with E-state index in [0.29, 0.717) is 13.0 Å². The molecule has 6 rings (SSSR count). The number of hydrogen-bond acceptors (Lipinski definition) is 8. The molecule has 1 aromatic carbocycles. The third kappa shape index (κ3) is 5.62. The van der Waals surface area contributed by atoms with Crippen molar-refractivity contribution in [1.82, 2.24) is 25.3 Å². The molecule has 4 N–H and O–H groups in total. The molecule has 0 radical (unpaired) electrons. The summed E-state index contributed by atoms with van der Waals surface area (Å²) in [6, 6.07) is 3.51. The van der Waals surface area contributed by atoms with E-state index < -0.39 is 54.1 Å². The molecule has 0 spiro atoms. The number of halogens is 1. The highest BCUT2D eigenvalue weighted by Crippen LogP contribution is 2.32. The molecule has 13 heteroatoms. The lowest BCUT2D eigenvalue weighted by atomic mass is 10.0. The number of piperazine rings is 1. The fourth-order valence-corrected chi connectivity index (χ4v) is 7.22. The Morgan fingerprint density at radius 2 is 1.67 bits per heavy atom. The first kappa shape index (κ1) is 29.0. The van der Waals surface area contributed by atoms with Crippen LogP contribution in [0.1, 0.15) is 48.9 Å². The van der Waals surface area contributed by atoms with E-state index in [9.17, 15) is 33.8 Å². The highest BCUT2D eigenvalue weighted by atomic mass is 19.1. The molecule has 42 heavy (non-hydrogen) atoms. The van der Waals surface area contributed by atoms with Gasteiger partial charge in [-0.3, -0.25) is 24.1 Å². The number of benzene rings is 1. The van der Waals surface area contributed by atoms with Gasteiger partial charge in [0.1, 0.15) is 30.2 Å². The summed E-state index contributed by atoms with van der Waals surface area (Å²) >= 11 is 0. The highest BCUT2D eigenvalue weighted by Gasteiger charge is 2.48. The lowest BCUT2D eigenvalue weighted by Gasteiger charge is -2.42. The van der Waals surface area contributed by atoms with Crippen molar-refractivity contribution in [2.45, 2.75) is 87.1 Å². The van der Waals surface area contributed by atoms with Crippen LogP contribution in [0.2, 0.25) is 0 Å². The number of amides is 4. The summed E-state index contributed by atoms with van der Waals surface area (Å²) in [6.07, 6.45) is -0.239. The molecule has 4 heterocycles. The van der Waals surface area contributed by atoms with Gasteiger partial charge in [-0.2, -0.15) is 0 Å². The largest absolute Gasteiger partial charge is 0.388 e. The van der Waals surface area contributed by atoms with Crippen LogP contribution in [0, 0.1) is 5.82 Å². The maximum atomic E-state index is 14.1. The lowest BCUT2D eigenvalue weighted by Crippen LogP contribution is -2.63. The Morgan fingerprint density at radius 1 is 0.952 bits per heavy atom. The van der Waals surface area contributed by atoms with E-state index in [-0.39, 0.29) is 62.1 Å². The molecular weight excluding hydrogens is 549 g/mol. The number of hydrogen-bond donors (Lipinski definition) is 4. The van der Waals surface area contributed by atoms with Crippen molar-refractivity contribution >= 4 is 23.6 Å². The van der Waals surface area contributed by atoms with Crippen molar-refractivity contribution < 1.29 is 38.5 Å². The SMILES string of the molecule is O=C1C[C@@H]2O[C@H](CNC(=O)[C@@H]3CN(CCN3C(=O)c3ccc(F)cc3)C(=O)[C@@H]3C[C@@H](CN3C3CCCC3)N1)[C@@H](O)[C@H]2O. The van der Waals surface area contributed by atoms with Gasteiger partial charge in [0.2, 0.25) is 17.7 Å². The first-order valence-electron chi connectivity index (χ1n) is 14.9. The Kier molecular flexibility index (Phi) is 8.18. The van der Waals surface area contributed by atoms with Gasteiger partial charge in [0, 0.05) is 43.8 Å². The zero-order valence-electron chi connectivity index (χ0n) is 23.4. The summed E-state index contributed by atoms with van der Waals surface area (Å²) < 4.78 is 19.3. The highest BCUT2D eigenvalue weighted by molar-refractivity contribution is 5.98. The van der Waals surface area contributed by atoms with Gasteiger partial charge in [0.15, 0.2) is 0 Å². The van der Waals surface area contributed by atoms with E-state index in [0.717, 1.165) is 25.7 Å². The van der Waals surface area contributed by atoms with Crippen LogP contribution >= 0.6 is 0 Å². The van der Waals surface area contributed by atoms with Crippen molar-refractivity contribution in [2.24, 2.45) is 0 Å². The molecule has 7 atom stereocenters. The van der Waals surface area contributed by atoms with Crippen molar-refractivity contribution in [3.05, 3.63) is 35.6 Å². The van der Waals surface area contributed by atoms with E-state index in [1.807, 2.05) is 0 Å². The Hall–Kier alpha value is -3.13. The Balaban J connectivity index is 1.29. The second kappa shape index (κ2) is 11.9. The minimum atomic E-state index is -1.33. The number of rotatable bonds is 2. The molecule has 6 bridgehead atoms. The van der Waals surface area contributed by atoms with E-state index in [1.165, 1.54) is 29.2 Å². The van der Waals surface area contributed by atoms with Crippen molar-refractivity contribution in [3.8, 4) is 0 Å². The fraction of sp³-hybridized carbons (Fsp3) is 0.655. The van der Waals surface area contributed by atoms with Crippen LogP contribution in [0.15, 0.2) is 24.3 Å². The van der Waals surface area contributed by atoms with Gasteiger partial charge in [-0.1, -0.05) is 12.8 Å². The van der Waals surface area contributed by atoms with Crippen LogP contribution in [0.25, 0.3) is 0 Å². The number of ether oxygens (including phenoxy) is 1. The zero-order chi connectivity index (χ0) is 29.5. The summed E-state index contributed by atoms with van der Waals surface area (Å²) in [5.41, 5.74) is 0.221. The molecule has 5 fully saturated rings. The maximum absolute atomic E-state index is 14.1. The van der Waals surface area contributed by atoms with Gasteiger partial charge >= 0.3 is 0 Å². The summed E-state index contributed by atoms with van der Waals surface area (Å²) in [5, 5.41) is 26.9. The summed E-state index contributed by atoms with van der Waals surface area (Å²) in [5.74, 6) is -1.95. The molecule has 5 aliphatic rings. The normalized spacial score (nSPS) is 34.9. The molecule has 0 aromatic heterocycles. The van der Waals surface area contributed by atoms with Crippen molar-refractivity contribution in [3.63, 3.8) is 0 Å². The van der Waals surface area contributed by atoms with Gasteiger partial charge in [0.25, 0.3) is 5.91 Å². The Morgan fingerprint density at radius 3 is 2.40 bits per heavy atom. The number of likely N-dealkylation sites (tertiary alicyclic amines) is 1. The molecule has 228 valence electrons. The Labute approximate surface area is 243 Å². The van der Waals surface area contributed by atoms with Gasteiger partial charge in [0.05, 0.1) is 25.1 Å². The number of aliphatic hydroxyl groups excluding tert-OH is 2. The number of carbonyl (C=O) groups is 4. The second-order valence-corrected chi connectivity index (χ2v) is 12.1. The Bertz CT molecular complexity index is 1210. The van der Waals surface area contributed by atoms with E-state index in [4.69, 9.17) is 4.74 Å². The number of aliphatic hydroxyl groups is 2. The predicted octanol–water partition coefficient (Wildman–Crippen LogP) is -1.01. The second-order valence-electron chi connectivity index (χ2n) is 12.1. The smallest absolute Gasteiger partial charge is 0.254 e. The quantitative estimate of drug-likeness (QED) is 0.344. The lowest BCUT2D eigenvalue weighted by molar-refractivity contribution is -0.142. The van der Waals surface area contributed by atoms with Crippen molar-refractivity contribution in [2.75, 3.05) is 32.7 Å². The molecule has 0 unspecified atom stereocenters. The molecule has 4 aliphatic heterocycles. The van der Waals surface area contributed by atoms with Gasteiger partial charge in [-0.25, -0.2) is 4.39 Å². The van der Waals surface area contributed by atoms with Gasteiger partial charge in [-0.05, 0) is 43.5 Å². The van der Waals surface area contributed by atoms with Crippen LogP contribution in [-0.4, -0.2) is 130 Å². The predicted molar refractivity (Wildman–Crippen MR) is 145 cm³/mol. The summed E-state index contributed by atoms with van der Waals surface area (Å²) in [4.78, 5) is 59.3. The molecule has 12 nitrogen and oxygen atoms in total. The number of nitrogens with one attached hydrogen (secondary N) is 2. The maximum Gasteiger partial charge on any atom is 0.254 e. The summed E-state index contributed by atoms with van der Waals surface area (Å²) in [7, 11) is 0. The van der Waals surface area contributed by atoms with Gasteiger partial charge in [-0.15, -0.1) is 0 Å². The number of nitrogens with zero attached hydrogens (tertiary/aromatic N) is 3. The molecule has 1 aliphatic carbocycles. The van der Waals surface area contributed by atoms with Crippen LogP contribution in [0.5, 0.6) is 0 Å². The monoisotopic (exact) mass is 587 g/mol. The first-order valence-corrected chi connectivity index (χ1v) is 14.9.